The van der Waals surface area contributed by atoms with E-state index in [0.717, 1.165) is 42.5 Å². The number of carbonyl (C=O) groups excluding carboxylic acids is 1. The molecule has 2 aliphatic rings. The van der Waals surface area contributed by atoms with Gasteiger partial charge in [-0.15, -0.1) is 0 Å². The van der Waals surface area contributed by atoms with Crippen LogP contribution in [-0.2, 0) is 17.6 Å². The Labute approximate surface area is 290 Å². The number of esters is 1. The second-order valence-electron chi connectivity index (χ2n) is 12.4. The molecule has 0 aliphatic carbocycles. The van der Waals surface area contributed by atoms with E-state index in [2.05, 4.69) is 0 Å². The SMILES string of the molecule is O=C(O[C@@H]1Cc2c(O)cc(O)cc2O[C@@H]1c1cc(O)c(=O)c2c(O)c(O)cc(C3Oc4cc(O)cc(O)c4C[C@H]3O)c2c1)c1cc(O)c(O)c(O)c1. The number of aliphatic hydroxyl groups excluding tert-OH is 1. The summed E-state index contributed by atoms with van der Waals surface area (Å²) in [4.78, 5) is 27.0. The number of hydrogen-bond donors (Lipinski definition) is 11. The first-order valence-corrected chi connectivity index (χ1v) is 15.4. The Balaban J connectivity index is 1.41. The van der Waals surface area contributed by atoms with E-state index in [4.69, 9.17) is 14.2 Å². The van der Waals surface area contributed by atoms with E-state index in [1.165, 1.54) is 12.1 Å². The van der Waals surface area contributed by atoms with E-state index in [1.54, 1.807) is 0 Å². The molecule has 11 N–H and O–H groups in total. The van der Waals surface area contributed by atoms with E-state index in [1.807, 2.05) is 0 Å². The summed E-state index contributed by atoms with van der Waals surface area (Å²) in [6.45, 7) is 0. The topological polar surface area (TPSA) is 284 Å². The zero-order chi connectivity index (χ0) is 37.3. The van der Waals surface area contributed by atoms with Crippen LogP contribution in [0.15, 0.2) is 59.4 Å². The molecule has 16 heteroatoms. The highest BCUT2D eigenvalue weighted by Crippen LogP contribution is 2.48. The normalized spacial score (nSPS) is 19.2. The van der Waals surface area contributed by atoms with Crippen LogP contribution in [-0.4, -0.2) is 74.3 Å². The maximum absolute atomic E-state index is 13.6. The average Bonchev–Trinajstić information content (AvgIpc) is 3.20. The lowest BCUT2D eigenvalue weighted by atomic mass is 9.90. The zero-order valence-corrected chi connectivity index (χ0v) is 26.4. The van der Waals surface area contributed by atoms with Crippen LogP contribution in [0, 0.1) is 0 Å². The monoisotopic (exact) mass is 716 g/mol. The van der Waals surface area contributed by atoms with Crippen molar-refractivity contribution in [3.05, 3.63) is 92.6 Å². The van der Waals surface area contributed by atoms with Gasteiger partial charge in [-0.3, -0.25) is 4.79 Å². The molecule has 0 amide bonds. The van der Waals surface area contributed by atoms with Crippen LogP contribution < -0.4 is 14.9 Å². The number of aliphatic hydroxyl groups is 1. The highest BCUT2D eigenvalue weighted by atomic mass is 16.6. The molecule has 0 saturated heterocycles. The number of hydrogen-bond acceptors (Lipinski definition) is 16. The number of phenolic OH excluding ortho intramolecular Hbond substituents is 9. The Morgan fingerprint density at radius 2 is 1.17 bits per heavy atom. The van der Waals surface area contributed by atoms with Crippen molar-refractivity contribution < 1.29 is 75.2 Å². The Morgan fingerprint density at radius 1 is 0.615 bits per heavy atom. The number of fused-ring (bicyclic) bond motifs is 3. The van der Waals surface area contributed by atoms with Gasteiger partial charge in [0.1, 0.15) is 40.6 Å². The summed E-state index contributed by atoms with van der Waals surface area (Å²) < 4.78 is 17.8. The molecule has 7 rings (SSSR count). The maximum Gasteiger partial charge on any atom is 0.338 e. The molecule has 16 nitrogen and oxygen atoms in total. The lowest BCUT2D eigenvalue weighted by Crippen LogP contribution is -2.34. The van der Waals surface area contributed by atoms with Crippen molar-refractivity contribution in [3.8, 4) is 69.0 Å². The molecular weight excluding hydrogens is 688 g/mol. The smallest absolute Gasteiger partial charge is 0.338 e. The molecule has 2 aliphatic heterocycles. The summed E-state index contributed by atoms with van der Waals surface area (Å²) in [5.41, 5.74) is -1.58. The Kier molecular flexibility index (Phi) is 7.83. The van der Waals surface area contributed by atoms with Gasteiger partial charge < -0.3 is 70.4 Å². The molecule has 268 valence electrons. The summed E-state index contributed by atoms with van der Waals surface area (Å²) in [6.07, 6.45) is -6.28. The van der Waals surface area contributed by atoms with Crippen molar-refractivity contribution in [1.29, 1.82) is 0 Å². The maximum atomic E-state index is 13.6. The van der Waals surface area contributed by atoms with Gasteiger partial charge in [0.25, 0.3) is 0 Å². The zero-order valence-electron chi connectivity index (χ0n) is 26.4. The number of aromatic hydroxyl groups is 10. The van der Waals surface area contributed by atoms with Crippen molar-refractivity contribution >= 4 is 16.7 Å². The third-order valence-electron chi connectivity index (χ3n) is 8.98. The molecule has 4 atom stereocenters. The number of rotatable bonds is 4. The highest BCUT2D eigenvalue weighted by Gasteiger charge is 2.39. The fourth-order valence-corrected chi connectivity index (χ4v) is 6.53. The summed E-state index contributed by atoms with van der Waals surface area (Å²) in [6, 6.07) is 9.20. The molecule has 0 saturated carbocycles. The molecule has 0 radical (unpaired) electrons. The highest BCUT2D eigenvalue weighted by molar-refractivity contribution is 5.94. The Bertz CT molecular complexity index is 2370. The van der Waals surface area contributed by atoms with Gasteiger partial charge in [0.15, 0.2) is 46.7 Å². The molecule has 5 aromatic carbocycles. The van der Waals surface area contributed by atoms with Gasteiger partial charge in [0, 0.05) is 59.4 Å². The van der Waals surface area contributed by atoms with Gasteiger partial charge in [-0.1, -0.05) is 0 Å². The van der Waals surface area contributed by atoms with E-state index >= 15 is 0 Å². The van der Waals surface area contributed by atoms with Gasteiger partial charge in [-0.05, 0) is 35.7 Å². The number of ether oxygens (including phenoxy) is 3. The van der Waals surface area contributed by atoms with Crippen molar-refractivity contribution in [3.63, 3.8) is 0 Å². The summed E-state index contributed by atoms with van der Waals surface area (Å²) in [5, 5.41) is 114. The lowest BCUT2D eigenvalue weighted by molar-refractivity contribution is -0.0188. The van der Waals surface area contributed by atoms with Gasteiger partial charge in [0.2, 0.25) is 5.43 Å². The average molecular weight is 717 g/mol. The number of phenols is 9. The first-order chi connectivity index (χ1) is 24.6. The molecule has 0 spiro atoms. The molecule has 1 unspecified atom stereocenters. The van der Waals surface area contributed by atoms with Crippen LogP contribution in [0.2, 0.25) is 0 Å². The third kappa shape index (κ3) is 5.56. The minimum absolute atomic E-state index is 0.0376. The summed E-state index contributed by atoms with van der Waals surface area (Å²) >= 11 is 0. The summed E-state index contributed by atoms with van der Waals surface area (Å²) in [5.74, 6) is -8.17. The second kappa shape index (κ2) is 12.1. The van der Waals surface area contributed by atoms with Crippen molar-refractivity contribution in [1.82, 2.24) is 0 Å². The van der Waals surface area contributed by atoms with Crippen LogP contribution in [0.1, 0.15) is 44.8 Å². The van der Waals surface area contributed by atoms with Crippen LogP contribution in [0.3, 0.4) is 0 Å². The first-order valence-electron chi connectivity index (χ1n) is 15.4. The number of carbonyl (C=O) groups is 1. The second-order valence-corrected chi connectivity index (χ2v) is 12.4. The van der Waals surface area contributed by atoms with Crippen molar-refractivity contribution in [2.75, 3.05) is 0 Å². The fourth-order valence-electron chi connectivity index (χ4n) is 6.53. The molecule has 5 aromatic rings. The predicted octanol–water partition coefficient (Wildman–Crippen LogP) is 3.19. The third-order valence-corrected chi connectivity index (χ3v) is 8.98. The van der Waals surface area contributed by atoms with Crippen LogP contribution in [0.4, 0.5) is 0 Å². The quantitative estimate of drug-likeness (QED) is 0.0940. The predicted molar refractivity (Wildman–Crippen MR) is 176 cm³/mol. The van der Waals surface area contributed by atoms with Gasteiger partial charge in [-0.2, -0.15) is 0 Å². The Hall–Kier alpha value is -6.94. The molecule has 2 heterocycles. The molecule has 0 aromatic heterocycles. The van der Waals surface area contributed by atoms with Gasteiger partial charge in [0.05, 0.1) is 17.1 Å². The first kappa shape index (κ1) is 33.6. The molecule has 52 heavy (non-hydrogen) atoms. The van der Waals surface area contributed by atoms with Gasteiger partial charge in [-0.25, -0.2) is 4.79 Å². The van der Waals surface area contributed by atoms with Crippen LogP contribution >= 0.6 is 0 Å². The molecule has 0 bridgehead atoms. The molecule has 0 fully saturated rings. The van der Waals surface area contributed by atoms with E-state index in [0.29, 0.717) is 0 Å². The summed E-state index contributed by atoms with van der Waals surface area (Å²) in [7, 11) is 0. The Morgan fingerprint density at radius 3 is 1.79 bits per heavy atom. The van der Waals surface area contributed by atoms with Crippen molar-refractivity contribution in [2.45, 2.75) is 37.3 Å². The van der Waals surface area contributed by atoms with Crippen LogP contribution in [0.25, 0.3) is 10.8 Å². The minimum atomic E-state index is -1.48. The fraction of sp³-hybridized carbons (Fsp3) is 0.167. The lowest BCUT2D eigenvalue weighted by Gasteiger charge is -2.34. The largest absolute Gasteiger partial charge is 0.508 e. The number of benzene rings is 4. The molecular formula is C36H28O16. The standard InChI is InChI=1S/C36H28O16/c37-14-5-20(39)18-10-26(45)35(51-27(18)7-14)17-9-25(44)33(48)30-16(17)1-12(2-24(43)32(30)47)34-29(11-19-21(40)6-15(38)8-28(19)50-34)52-36(49)13-3-22(41)31(46)23(42)4-13/h1-9,26,29,34-35,37-42,44-46,48H,10-11H2,(H,43,47)/t26-,29-,34-,35?/m1/s1. The van der Waals surface area contributed by atoms with E-state index in [9.17, 15) is 65.8 Å². The minimum Gasteiger partial charge on any atom is -0.508 e. The van der Waals surface area contributed by atoms with Crippen molar-refractivity contribution in [2.24, 2.45) is 0 Å². The van der Waals surface area contributed by atoms with E-state index in [-0.39, 0.29) is 63.5 Å². The van der Waals surface area contributed by atoms with Gasteiger partial charge >= 0.3 is 5.97 Å². The van der Waals surface area contributed by atoms with E-state index < -0.39 is 92.8 Å². The van der Waals surface area contributed by atoms with Crippen LogP contribution in [0.5, 0.6) is 69.0 Å².